The van der Waals surface area contributed by atoms with E-state index in [1.54, 1.807) is 0 Å². The van der Waals surface area contributed by atoms with Crippen LogP contribution in [0.5, 0.6) is 0 Å². The molecule has 13 heavy (non-hydrogen) atoms. The highest BCUT2D eigenvalue weighted by molar-refractivity contribution is 5.09. The fourth-order valence-electron chi connectivity index (χ4n) is 1.33. The van der Waals surface area contributed by atoms with Crippen LogP contribution in [-0.2, 0) is 13.1 Å². The molecule has 0 aliphatic heterocycles. The molecule has 2 N–H and O–H groups in total. The van der Waals surface area contributed by atoms with Crippen LogP contribution < -0.4 is 5.32 Å². The highest BCUT2D eigenvalue weighted by atomic mass is 16.3. The highest BCUT2D eigenvalue weighted by Gasteiger charge is 2.01. The summed E-state index contributed by atoms with van der Waals surface area (Å²) in [7, 11) is 1.94. The summed E-state index contributed by atoms with van der Waals surface area (Å²) < 4.78 is 2.12. The molecule has 0 amide bonds. The SMILES string of the molecule is CNCc1ccn(CC(C)CO)c1. The van der Waals surface area contributed by atoms with Crippen LogP contribution in [0.4, 0.5) is 0 Å². The molecule has 3 nitrogen and oxygen atoms in total. The van der Waals surface area contributed by atoms with Crippen molar-refractivity contribution in [3.05, 3.63) is 24.0 Å². The maximum Gasteiger partial charge on any atom is 0.0473 e. The van der Waals surface area contributed by atoms with Gasteiger partial charge in [0.15, 0.2) is 0 Å². The summed E-state index contributed by atoms with van der Waals surface area (Å²) >= 11 is 0. The zero-order chi connectivity index (χ0) is 9.68. The van der Waals surface area contributed by atoms with E-state index in [-0.39, 0.29) is 6.61 Å². The first-order valence-corrected chi connectivity index (χ1v) is 4.66. The van der Waals surface area contributed by atoms with Crippen LogP contribution >= 0.6 is 0 Å². The molecule has 1 aromatic rings. The lowest BCUT2D eigenvalue weighted by Crippen LogP contribution is -2.09. The zero-order valence-electron chi connectivity index (χ0n) is 8.33. The Morgan fingerprint density at radius 2 is 2.38 bits per heavy atom. The van der Waals surface area contributed by atoms with Gasteiger partial charge >= 0.3 is 0 Å². The highest BCUT2D eigenvalue weighted by Crippen LogP contribution is 2.04. The fraction of sp³-hybridized carbons (Fsp3) is 0.600. The minimum absolute atomic E-state index is 0.250. The van der Waals surface area contributed by atoms with Crippen molar-refractivity contribution in [2.45, 2.75) is 20.0 Å². The number of aliphatic hydroxyl groups excluding tert-OH is 1. The van der Waals surface area contributed by atoms with Crippen LogP contribution in [0.25, 0.3) is 0 Å². The van der Waals surface area contributed by atoms with Crippen molar-refractivity contribution in [2.24, 2.45) is 5.92 Å². The summed E-state index contributed by atoms with van der Waals surface area (Å²) in [6.07, 6.45) is 4.17. The van der Waals surface area contributed by atoms with E-state index in [0.29, 0.717) is 5.92 Å². The van der Waals surface area contributed by atoms with E-state index in [1.807, 2.05) is 14.0 Å². The van der Waals surface area contributed by atoms with Gasteiger partial charge in [-0.15, -0.1) is 0 Å². The number of aromatic nitrogens is 1. The number of nitrogens with one attached hydrogen (secondary N) is 1. The van der Waals surface area contributed by atoms with Gasteiger partial charge in [-0.25, -0.2) is 0 Å². The van der Waals surface area contributed by atoms with Crippen LogP contribution in [0.15, 0.2) is 18.5 Å². The Kier molecular flexibility index (Phi) is 3.99. The van der Waals surface area contributed by atoms with Gasteiger partial charge in [-0.2, -0.15) is 0 Å². The third kappa shape index (κ3) is 3.20. The summed E-state index contributed by atoms with van der Waals surface area (Å²) in [5, 5.41) is 12.0. The summed E-state index contributed by atoms with van der Waals surface area (Å²) in [5.41, 5.74) is 1.28. The summed E-state index contributed by atoms with van der Waals surface area (Å²) in [5.74, 6) is 0.329. The fourth-order valence-corrected chi connectivity index (χ4v) is 1.33. The molecule has 1 aromatic heterocycles. The van der Waals surface area contributed by atoms with Gasteiger partial charge < -0.3 is 15.0 Å². The van der Waals surface area contributed by atoms with Crippen molar-refractivity contribution in [3.63, 3.8) is 0 Å². The molecule has 0 aliphatic carbocycles. The van der Waals surface area contributed by atoms with Crippen LogP contribution in [0, 0.1) is 5.92 Å². The molecule has 1 unspecified atom stereocenters. The topological polar surface area (TPSA) is 37.2 Å². The van der Waals surface area contributed by atoms with Crippen molar-refractivity contribution in [1.82, 2.24) is 9.88 Å². The molecular formula is C10H18N2O. The van der Waals surface area contributed by atoms with Gasteiger partial charge in [-0.3, -0.25) is 0 Å². The molecule has 0 aliphatic rings. The summed E-state index contributed by atoms with van der Waals surface area (Å²) in [4.78, 5) is 0. The Balaban J connectivity index is 2.48. The third-order valence-electron chi connectivity index (χ3n) is 2.03. The minimum Gasteiger partial charge on any atom is -0.396 e. The largest absolute Gasteiger partial charge is 0.396 e. The van der Waals surface area contributed by atoms with Crippen LogP contribution in [-0.4, -0.2) is 23.3 Å². The number of hydrogen-bond acceptors (Lipinski definition) is 2. The standard InChI is InChI=1S/C10H18N2O/c1-9(8-13)6-12-4-3-10(7-12)5-11-2/h3-4,7,9,11,13H,5-6,8H2,1-2H3. The zero-order valence-corrected chi connectivity index (χ0v) is 8.33. The second kappa shape index (κ2) is 5.04. The molecule has 74 valence electrons. The van der Waals surface area contributed by atoms with E-state index >= 15 is 0 Å². The van der Waals surface area contributed by atoms with Gasteiger partial charge in [0, 0.05) is 32.1 Å². The Labute approximate surface area is 79.4 Å². The smallest absolute Gasteiger partial charge is 0.0473 e. The molecule has 0 fully saturated rings. The van der Waals surface area contributed by atoms with E-state index < -0.39 is 0 Å². The van der Waals surface area contributed by atoms with Crippen molar-refractivity contribution >= 4 is 0 Å². The molecule has 0 bridgehead atoms. The molecule has 0 aromatic carbocycles. The minimum atomic E-state index is 0.250. The second-order valence-corrected chi connectivity index (χ2v) is 3.53. The normalized spacial score (nSPS) is 13.2. The van der Waals surface area contributed by atoms with Crippen LogP contribution in [0.1, 0.15) is 12.5 Å². The Hall–Kier alpha value is -0.800. The number of aliphatic hydroxyl groups is 1. The molecule has 1 rings (SSSR count). The second-order valence-electron chi connectivity index (χ2n) is 3.53. The molecule has 0 saturated heterocycles. The Morgan fingerprint density at radius 1 is 1.62 bits per heavy atom. The van der Waals surface area contributed by atoms with Gasteiger partial charge in [-0.1, -0.05) is 6.92 Å². The van der Waals surface area contributed by atoms with Crippen molar-refractivity contribution in [3.8, 4) is 0 Å². The molecule has 0 radical (unpaired) electrons. The average molecular weight is 182 g/mol. The summed E-state index contributed by atoms with van der Waals surface area (Å²) in [6.45, 7) is 4.08. The van der Waals surface area contributed by atoms with E-state index in [0.717, 1.165) is 13.1 Å². The van der Waals surface area contributed by atoms with Crippen molar-refractivity contribution < 1.29 is 5.11 Å². The average Bonchev–Trinajstić information content (AvgIpc) is 2.53. The number of nitrogens with zero attached hydrogens (tertiary/aromatic N) is 1. The van der Waals surface area contributed by atoms with Gasteiger partial charge in [0.1, 0.15) is 0 Å². The number of rotatable bonds is 5. The van der Waals surface area contributed by atoms with E-state index in [1.165, 1.54) is 5.56 Å². The van der Waals surface area contributed by atoms with Crippen LogP contribution in [0.3, 0.4) is 0 Å². The van der Waals surface area contributed by atoms with E-state index in [4.69, 9.17) is 5.11 Å². The lowest BCUT2D eigenvalue weighted by atomic mass is 10.2. The van der Waals surface area contributed by atoms with Gasteiger partial charge in [-0.05, 0) is 24.6 Å². The van der Waals surface area contributed by atoms with Gasteiger partial charge in [0.2, 0.25) is 0 Å². The van der Waals surface area contributed by atoms with Gasteiger partial charge in [0.05, 0.1) is 0 Å². The van der Waals surface area contributed by atoms with E-state index in [2.05, 4.69) is 28.3 Å². The first-order chi connectivity index (χ1) is 6.26. The lowest BCUT2D eigenvalue weighted by Gasteiger charge is -2.08. The Bertz CT molecular complexity index is 245. The van der Waals surface area contributed by atoms with Crippen LogP contribution in [0.2, 0.25) is 0 Å². The van der Waals surface area contributed by atoms with E-state index in [9.17, 15) is 0 Å². The van der Waals surface area contributed by atoms with Gasteiger partial charge in [0.25, 0.3) is 0 Å². The molecular weight excluding hydrogens is 164 g/mol. The molecule has 0 spiro atoms. The first kappa shape index (κ1) is 10.3. The predicted octanol–water partition coefficient (Wildman–Crippen LogP) is 0.836. The lowest BCUT2D eigenvalue weighted by molar-refractivity contribution is 0.223. The maximum atomic E-state index is 8.88. The van der Waals surface area contributed by atoms with Crippen molar-refractivity contribution in [2.75, 3.05) is 13.7 Å². The monoisotopic (exact) mass is 182 g/mol. The third-order valence-corrected chi connectivity index (χ3v) is 2.03. The Morgan fingerprint density at radius 3 is 3.00 bits per heavy atom. The molecule has 3 heteroatoms. The van der Waals surface area contributed by atoms with Crippen molar-refractivity contribution in [1.29, 1.82) is 0 Å². The molecule has 1 heterocycles. The molecule has 1 atom stereocenters. The first-order valence-electron chi connectivity index (χ1n) is 4.66. The molecule has 0 saturated carbocycles. The maximum absolute atomic E-state index is 8.88. The summed E-state index contributed by atoms with van der Waals surface area (Å²) in [6, 6.07) is 2.10. The number of hydrogen-bond donors (Lipinski definition) is 2. The quantitative estimate of drug-likeness (QED) is 0.708. The predicted molar refractivity (Wildman–Crippen MR) is 53.4 cm³/mol.